The highest BCUT2D eigenvalue weighted by atomic mass is 32.2. The van der Waals surface area contributed by atoms with E-state index in [0.29, 0.717) is 27.9 Å². The molecular weight excluding hydrogens is 677 g/mol. The molecule has 7 aromatic rings. The van der Waals surface area contributed by atoms with E-state index in [2.05, 4.69) is 20.9 Å². The molecule has 0 radical (unpaired) electrons. The van der Waals surface area contributed by atoms with Gasteiger partial charge < -0.3 is 20.4 Å². The molecule has 2 heterocycles. The van der Waals surface area contributed by atoms with Crippen LogP contribution in [-0.4, -0.2) is 22.7 Å². The lowest BCUT2D eigenvalue weighted by Crippen LogP contribution is -2.30. The molecule has 0 aliphatic rings. The smallest absolute Gasteiger partial charge is 0.272 e. The summed E-state index contributed by atoms with van der Waals surface area (Å²) < 4.78 is 7.00. The van der Waals surface area contributed by atoms with Crippen LogP contribution in [0.5, 0.6) is 0 Å². The number of thioether (sulfide) groups is 1. The van der Waals surface area contributed by atoms with Gasteiger partial charge in [-0.05, 0) is 66.2 Å². The first-order valence-electron chi connectivity index (χ1n) is 16.0. The van der Waals surface area contributed by atoms with E-state index in [1.54, 1.807) is 42.5 Å². The van der Waals surface area contributed by atoms with Crippen molar-refractivity contribution in [3.05, 3.63) is 174 Å². The van der Waals surface area contributed by atoms with Crippen LogP contribution in [0.15, 0.2) is 167 Å². The molecule has 3 N–H and O–H groups in total. The third kappa shape index (κ3) is 8.33. The number of carbonyl (C=O) groups is 3. The second-order valence-electron chi connectivity index (χ2n) is 11.3. The topological polar surface area (TPSA) is 113 Å². The molecule has 0 aliphatic heterocycles. The quantitative estimate of drug-likeness (QED) is 0.0913. The number of nitrogens with zero attached hydrogens (tertiary/aromatic N) is 1. The maximum Gasteiger partial charge on any atom is 0.272 e. The Kier molecular flexibility index (Phi) is 10.1. The van der Waals surface area contributed by atoms with Crippen LogP contribution >= 0.6 is 23.1 Å². The summed E-state index contributed by atoms with van der Waals surface area (Å²) in [6, 6.07) is 46.3. The number of para-hydroxylation sites is 1. The lowest BCUT2D eigenvalue weighted by Gasteiger charge is -2.16. The molecule has 0 aliphatic carbocycles. The number of amides is 3. The largest absolute Gasteiger partial charge is 0.457 e. The first kappa shape index (κ1) is 33.3. The number of carbonyl (C=O) groups excluding carboxylic acids is 3. The minimum absolute atomic E-state index is 0.00641. The van der Waals surface area contributed by atoms with E-state index in [1.807, 2.05) is 109 Å². The van der Waals surface area contributed by atoms with Gasteiger partial charge in [0, 0.05) is 27.8 Å². The molecule has 0 spiro atoms. The lowest BCUT2D eigenvalue weighted by molar-refractivity contribution is -0.116. The van der Waals surface area contributed by atoms with Gasteiger partial charge in [0.2, 0.25) is 5.91 Å². The van der Waals surface area contributed by atoms with Gasteiger partial charge in [-0.3, -0.25) is 14.4 Å². The molecule has 5 aromatic carbocycles. The molecule has 0 saturated heterocycles. The van der Waals surface area contributed by atoms with E-state index in [4.69, 9.17) is 4.42 Å². The van der Waals surface area contributed by atoms with E-state index in [9.17, 15) is 14.4 Å². The van der Waals surface area contributed by atoms with Gasteiger partial charge in [0.1, 0.15) is 22.5 Å². The summed E-state index contributed by atoms with van der Waals surface area (Å²) in [7, 11) is 0. The Morgan fingerprint density at radius 1 is 0.706 bits per heavy atom. The van der Waals surface area contributed by atoms with Crippen molar-refractivity contribution in [2.45, 2.75) is 10.1 Å². The third-order valence-electron chi connectivity index (χ3n) is 7.73. The van der Waals surface area contributed by atoms with Gasteiger partial charge in [0.25, 0.3) is 11.8 Å². The lowest BCUT2D eigenvalue weighted by atomic mass is 10.1. The highest BCUT2D eigenvalue weighted by Gasteiger charge is 2.24. The molecule has 3 amide bonds. The fraction of sp³-hybridized carbons (Fsp3) is 0.0244. The van der Waals surface area contributed by atoms with Crippen molar-refractivity contribution >= 4 is 67.9 Å². The number of thiazole rings is 1. The minimum Gasteiger partial charge on any atom is -0.457 e. The normalized spacial score (nSPS) is 11.9. The number of anilines is 2. The predicted octanol–water partition coefficient (Wildman–Crippen LogP) is 9.44. The Hall–Kier alpha value is -6.23. The van der Waals surface area contributed by atoms with Gasteiger partial charge in [-0.25, -0.2) is 4.98 Å². The highest BCUT2D eigenvalue weighted by Crippen LogP contribution is 2.37. The molecule has 0 fully saturated rings. The summed E-state index contributed by atoms with van der Waals surface area (Å²) in [5, 5.41) is 8.60. The van der Waals surface area contributed by atoms with Crippen LogP contribution in [0.1, 0.15) is 26.9 Å². The first-order valence-corrected chi connectivity index (χ1v) is 17.7. The molecule has 0 bridgehead atoms. The molecule has 8 nitrogen and oxygen atoms in total. The van der Waals surface area contributed by atoms with E-state index >= 15 is 0 Å². The number of hydrogen-bond acceptors (Lipinski definition) is 7. The summed E-state index contributed by atoms with van der Waals surface area (Å²) in [4.78, 5) is 45.8. The summed E-state index contributed by atoms with van der Waals surface area (Å²) in [5.74, 6) is -0.133. The number of fused-ring (bicyclic) bond motifs is 1. The summed E-state index contributed by atoms with van der Waals surface area (Å²) in [6.45, 7) is 0. The van der Waals surface area contributed by atoms with Crippen molar-refractivity contribution in [1.82, 2.24) is 10.3 Å². The van der Waals surface area contributed by atoms with Crippen LogP contribution in [-0.2, 0) is 9.59 Å². The number of hydrogen-bond donors (Lipinski definition) is 3. The zero-order chi connectivity index (χ0) is 35.0. The molecule has 0 unspecified atom stereocenters. The zero-order valence-electron chi connectivity index (χ0n) is 27.0. The van der Waals surface area contributed by atoms with Crippen LogP contribution < -0.4 is 16.0 Å². The number of furan rings is 1. The Balaban J connectivity index is 1.08. The SMILES string of the molecule is O=C(Nc1ccc(S[C@@H](C(=O)Nc2nc3ccccc3s2)c2ccccc2)cc1)/C(=C\c1ccc(-c2ccccc2)o1)NC(=O)c1ccccc1. The van der Waals surface area contributed by atoms with Gasteiger partial charge in [0.15, 0.2) is 5.13 Å². The zero-order valence-corrected chi connectivity index (χ0v) is 28.6. The van der Waals surface area contributed by atoms with Crippen molar-refractivity contribution in [3.63, 3.8) is 0 Å². The van der Waals surface area contributed by atoms with Gasteiger partial charge in [-0.2, -0.15) is 0 Å². The fourth-order valence-corrected chi connectivity index (χ4v) is 7.11. The van der Waals surface area contributed by atoms with Crippen molar-refractivity contribution in [2.24, 2.45) is 0 Å². The predicted molar refractivity (Wildman–Crippen MR) is 204 cm³/mol. The van der Waals surface area contributed by atoms with E-state index < -0.39 is 17.1 Å². The Labute approximate surface area is 302 Å². The third-order valence-corrected chi connectivity index (χ3v) is 9.95. The highest BCUT2D eigenvalue weighted by molar-refractivity contribution is 8.00. The van der Waals surface area contributed by atoms with E-state index in [1.165, 1.54) is 29.2 Å². The maximum atomic E-state index is 13.6. The maximum absolute atomic E-state index is 13.6. The summed E-state index contributed by atoms with van der Waals surface area (Å²) in [6.07, 6.45) is 1.50. The van der Waals surface area contributed by atoms with Gasteiger partial charge >= 0.3 is 0 Å². The number of aromatic nitrogens is 1. The number of benzene rings is 5. The molecule has 0 saturated carbocycles. The van der Waals surface area contributed by atoms with Crippen LogP contribution in [0.3, 0.4) is 0 Å². The van der Waals surface area contributed by atoms with Gasteiger partial charge in [-0.15, -0.1) is 11.8 Å². The fourth-order valence-electron chi connectivity index (χ4n) is 5.22. The first-order chi connectivity index (χ1) is 25.0. The Bertz CT molecular complexity index is 2290. The van der Waals surface area contributed by atoms with Crippen molar-refractivity contribution < 1.29 is 18.8 Å². The van der Waals surface area contributed by atoms with Gasteiger partial charge in [0.05, 0.1) is 10.2 Å². The summed E-state index contributed by atoms with van der Waals surface area (Å²) >= 11 is 2.82. The van der Waals surface area contributed by atoms with Crippen LogP contribution in [0.2, 0.25) is 0 Å². The van der Waals surface area contributed by atoms with Crippen molar-refractivity contribution in [3.8, 4) is 11.3 Å². The molecule has 250 valence electrons. The van der Waals surface area contributed by atoms with Crippen LogP contribution in [0.25, 0.3) is 27.6 Å². The molecule has 7 rings (SSSR count). The Morgan fingerprint density at radius 2 is 1.37 bits per heavy atom. The number of rotatable bonds is 11. The Morgan fingerprint density at radius 3 is 2.10 bits per heavy atom. The van der Waals surface area contributed by atoms with Crippen LogP contribution in [0, 0.1) is 0 Å². The molecule has 10 heteroatoms. The number of nitrogens with one attached hydrogen (secondary N) is 3. The monoisotopic (exact) mass is 706 g/mol. The average molecular weight is 707 g/mol. The van der Waals surface area contributed by atoms with Crippen molar-refractivity contribution in [1.29, 1.82) is 0 Å². The van der Waals surface area contributed by atoms with E-state index in [-0.39, 0.29) is 11.6 Å². The second kappa shape index (κ2) is 15.5. The molecule has 2 aromatic heterocycles. The van der Waals surface area contributed by atoms with E-state index in [0.717, 1.165) is 26.2 Å². The standard InChI is InChI=1S/C41H30N4O4S2/c46-38(29-16-8-3-9-17-29)43-34(26-31-22-25-35(49-31)27-12-4-1-5-13-27)39(47)42-30-20-23-32(24-21-30)50-37(28-14-6-2-7-15-28)40(48)45-41-44-33-18-10-11-19-36(33)51-41/h1-26,37H,(H,42,47)(H,43,46)(H,44,45,48)/b34-26+/t37-/m1/s1. The molecular formula is C41H30N4O4S2. The minimum atomic E-state index is -0.560. The molecule has 51 heavy (non-hydrogen) atoms. The average Bonchev–Trinajstić information content (AvgIpc) is 3.82. The van der Waals surface area contributed by atoms with Gasteiger partial charge in [-0.1, -0.05) is 102 Å². The van der Waals surface area contributed by atoms with Crippen LogP contribution in [0.4, 0.5) is 10.8 Å². The molecule has 1 atom stereocenters. The summed E-state index contributed by atoms with van der Waals surface area (Å²) in [5.41, 5.74) is 3.48. The van der Waals surface area contributed by atoms with Crippen molar-refractivity contribution in [2.75, 3.05) is 10.6 Å². The second-order valence-corrected chi connectivity index (χ2v) is 13.5.